The lowest BCUT2D eigenvalue weighted by atomic mass is 10.4. The van der Waals surface area contributed by atoms with Crippen LogP contribution >= 0.6 is 23.1 Å². The Labute approximate surface area is 109 Å². The molecule has 2 aromatic heterocycles. The fourth-order valence-electron chi connectivity index (χ4n) is 1.17. The topological polar surface area (TPSA) is 122 Å². The number of nitrogens with two attached hydrogens (primary N) is 1. The Morgan fingerprint density at radius 3 is 2.94 bits per heavy atom. The molecule has 2 heterocycles. The minimum absolute atomic E-state index is 0.00720. The monoisotopic (exact) mass is 284 g/mol. The molecule has 7 nitrogen and oxygen atoms in total. The van der Waals surface area contributed by atoms with Crippen molar-refractivity contribution in [2.24, 2.45) is 0 Å². The van der Waals surface area contributed by atoms with Crippen molar-refractivity contribution in [3.63, 3.8) is 0 Å². The number of nitrogens with zero attached hydrogens (tertiary/aromatic N) is 2. The highest BCUT2D eigenvalue weighted by molar-refractivity contribution is 8.01. The third kappa shape index (κ3) is 2.36. The van der Waals surface area contributed by atoms with Crippen molar-refractivity contribution in [1.82, 2.24) is 15.0 Å². The summed E-state index contributed by atoms with van der Waals surface area (Å²) in [5, 5.41) is 9.22. The summed E-state index contributed by atoms with van der Waals surface area (Å²) in [6.45, 7) is 1.61. The Morgan fingerprint density at radius 2 is 2.33 bits per heavy atom. The molecule has 0 bridgehead atoms. The SMILES string of the molecule is Cc1nc(Sc2nc[nH]c(=O)c2N)sc1C(=O)O. The molecule has 0 spiro atoms. The van der Waals surface area contributed by atoms with Gasteiger partial charge in [0.25, 0.3) is 5.56 Å². The second-order valence-corrected chi connectivity index (χ2v) is 5.49. The Kier molecular flexibility index (Phi) is 3.34. The number of thiazole rings is 1. The van der Waals surface area contributed by atoms with Crippen LogP contribution in [0.1, 0.15) is 15.4 Å². The first-order valence-electron chi connectivity index (χ1n) is 4.70. The van der Waals surface area contributed by atoms with Crippen LogP contribution in [-0.4, -0.2) is 26.0 Å². The number of aromatic carboxylic acids is 1. The Morgan fingerprint density at radius 1 is 1.61 bits per heavy atom. The van der Waals surface area contributed by atoms with Crippen molar-refractivity contribution in [2.45, 2.75) is 16.3 Å². The molecule has 2 rings (SSSR count). The number of aromatic amines is 1. The van der Waals surface area contributed by atoms with Gasteiger partial charge in [0.1, 0.15) is 15.6 Å². The van der Waals surface area contributed by atoms with Crippen molar-refractivity contribution in [2.75, 3.05) is 5.73 Å². The molecule has 0 amide bonds. The van der Waals surface area contributed by atoms with Crippen molar-refractivity contribution in [3.05, 3.63) is 27.3 Å². The zero-order chi connectivity index (χ0) is 13.3. The predicted molar refractivity (Wildman–Crippen MR) is 67.2 cm³/mol. The zero-order valence-electron chi connectivity index (χ0n) is 9.13. The number of hydrogen-bond donors (Lipinski definition) is 3. The van der Waals surface area contributed by atoms with Gasteiger partial charge < -0.3 is 15.8 Å². The number of nitrogen functional groups attached to an aromatic ring is 1. The number of H-pyrrole nitrogens is 1. The summed E-state index contributed by atoms with van der Waals surface area (Å²) >= 11 is 2.09. The largest absolute Gasteiger partial charge is 0.477 e. The van der Waals surface area contributed by atoms with Gasteiger partial charge in [-0.25, -0.2) is 14.8 Å². The molecule has 94 valence electrons. The maximum Gasteiger partial charge on any atom is 0.347 e. The molecule has 2 aromatic rings. The molecule has 0 saturated carbocycles. The number of carboxylic acids is 1. The van der Waals surface area contributed by atoms with E-state index in [0.29, 0.717) is 15.1 Å². The quantitative estimate of drug-likeness (QED) is 0.717. The number of rotatable bonds is 3. The fourth-order valence-corrected chi connectivity index (χ4v) is 3.12. The molecule has 0 atom stereocenters. The fraction of sp³-hybridized carbons (Fsp3) is 0.111. The zero-order valence-corrected chi connectivity index (χ0v) is 10.8. The van der Waals surface area contributed by atoms with E-state index in [1.54, 1.807) is 6.92 Å². The number of nitrogens with one attached hydrogen (secondary N) is 1. The lowest BCUT2D eigenvalue weighted by Crippen LogP contribution is -2.13. The minimum atomic E-state index is -1.02. The first-order chi connectivity index (χ1) is 8.49. The van der Waals surface area contributed by atoms with Gasteiger partial charge in [-0.2, -0.15) is 0 Å². The van der Waals surface area contributed by atoms with Gasteiger partial charge in [-0.05, 0) is 18.7 Å². The smallest absolute Gasteiger partial charge is 0.347 e. The van der Waals surface area contributed by atoms with Crippen LogP contribution in [0.2, 0.25) is 0 Å². The summed E-state index contributed by atoms with van der Waals surface area (Å²) in [7, 11) is 0. The van der Waals surface area contributed by atoms with Crippen molar-refractivity contribution >= 4 is 34.8 Å². The normalized spacial score (nSPS) is 10.5. The van der Waals surface area contributed by atoms with Crippen LogP contribution in [0.3, 0.4) is 0 Å². The predicted octanol–water partition coefficient (Wildman–Crippen LogP) is 0.966. The highest BCUT2D eigenvalue weighted by Gasteiger charge is 2.16. The lowest BCUT2D eigenvalue weighted by molar-refractivity contribution is 0.0701. The van der Waals surface area contributed by atoms with Gasteiger partial charge in [-0.1, -0.05) is 11.3 Å². The molecule has 0 unspecified atom stereocenters. The molecule has 0 fully saturated rings. The highest BCUT2D eigenvalue weighted by Crippen LogP contribution is 2.33. The van der Waals surface area contributed by atoms with Crippen LogP contribution < -0.4 is 11.3 Å². The maximum absolute atomic E-state index is 11.3. The van der Waals surface area contributed by atoms with E-state index < -0.39 is 11.5 Å². The van der Waals surface area contributed by atoms with E-state index in [9.17, 15) is 9.59 Å². The lowest BCUT2D eigenvalue weighted by Gasteiger charge is -1.98. The number of aryl methyl sites for hydroxylation is 1. The van der Waals surface area contributed by atoms with Gasteiger partial charge in [0, 0.05) is 0 Å². The number of carboxylic acid groups (broad SMARTS) is 1. The van der Waals surface area contributed by atoms with Crippen LogP contribution in [0.15, 0.2) is 20.5 Å². The number of hydrogen-bond acceptors (Lipinski definition) is 7. The van der Waals surface area contributed by atoms with Crippen molar-refractivity contribution < 1.29 is 9.90 Å². The number of carbonyl (C=O) groups is 1. The average molecular weight is 284 g/mol. The van der Waals surface area contributed by atoms with Crippen LogP contribution in [0, 0.1) is 6.92 Å². The Balaban J connectivity index is 2.35. The van der Waals surface area contributed by atoms with E-state index in [1.807, 2.05) is 0 Å². The van der Waals surface area contributed by atoms with E-state index in [-0.39, 0.29) is 10.6 Å². The van der Waals surface area contributed by atoms with E-state index >= 15 is 0 Å². The summed E-state index contributed by atoms with van der Waals surface area (Å²) in [5.41, 5.74) is 5.56. The van der Waals surface area contributed by atoms with Gasteiger partial charge in [-0.15, -0.1) is 0 Å². The average Bonchev–Trinajstić information content (AvgIpc) is 2.66. The summed E-state index contributed by atoms with van der Waals surface area (Å²) in [6, 6.07) is 0. The van der Waals surface area contributed by atoms with Crippen molar-refractivity contribution in [1.29, 1.82) is 0 Å². The first-order valence-corrected chi connectivity index (χ1v) is 6.34. The summed E-state index contributed by atoms with van der Waals surface area (Å²) in [4.78, 5) is 32.7. The van der Waals surface area contributed by atoms with Gasteiger partial charge in [0.05, 0.1) is 12.0 Å². The molecule has 0 aliphatic carbocycles. The standard InChI is InChI=1S/C9H8N4O3S2/c1-3-5(8(15)16)17-9(13-3)18-7-4(10)6(14)11-2-12-7/h2H,10H2,1H3,(H,15,16)(H,11,12,14). The molecule has 0 saturated heterocycles. The van der Waals surface area contributed by atoms with Gasteiger partial charge in [0.2, 0.25) is 0 Å². The summed E-state index contributed by atoms with van der Waals surface area (Å²) in [5.74, 6) is -1.02. The summed E-state index contributed by atoms with van der Waals surface area (Å²) in [6.07, 6.45) is 1.24. The Hall–Kier alpha value is -1.87. The van der Waals surface area contributed by atoms with Gasteiger partial charge >= 0.3 is 5.97 Å². The molecule has 9 heteroatoms. The minimum Gasteiger partial charge on any atom is -0.477 e. The van der Waals surface area contributed by atoms with E-state index in [1.165, 1.54) is 6.33 Å². The second kappa shape index (κ2) is 4.78. The van der Waals surface area contributed by atoms with E-state index in [4.69, 9.17) is 10.8 Å². The molecular formula is C9H8N4O3S2. The molecule has 0 aliphatic rings. The second-order valence-electron chi connectivity index (χ2n) is 3.25. The van der Waals surface area contributed by atoms with Crippen LogP contribution in [-0.2, 0) is 0 Å². The summed E-state index contributed by atoms with van der Waals surface area (Å²) < 4.78 is 0.481. The van der Waals surface area contributed by atoms with Crippen LogP contribution in [0.25, 0.3) is 0 Å². The third-order valence-electron chi connectivity index (χ3n) is 2.01. The Bertz CT molecular complexity index is 664. The van der Waals surface area contributed by atoms with Crippen LogP contribution in [0.4, 0.5) is 5.69 Å². The highest BCUT2D eigenvalue weighted by atomic mass is 32.2. The first kappa shape index (κ1) is 12.6. The molecule has 18 heavy (non-hydrogen) atoms. The maximum atomic E-state index is 11.3. The molecule has 0 aromatic carbocycles. The van der Waals surface area contributed by atoms with Gasteiger partial charge in [0.15, 0.2) is 4.34 Å². The van der Waals surface area contributed by atoms with E-state index in [2.05, 4.69) is 15.0 Å². The molecule has 0 radical (unpaired) electrons. The molecular weight excluding hydrogens is 276 g/mol. The van der Waals surface area contributed by atoms with Crippen LogP contribution in [0.5, 0.6) is 0 Å². The molecule has 4 N–H and O–H groups in total. The number of anilines is 1. The van der Waals surface area contributed by atoms with Crippen molar-refractivity contribution in [3.8, 4) is 0 Å². The van der Waals surface area contributed by atoms with Gasteiger partial charge in [-0.3, -0.25) is 4.79 Å². The number of aromatic nitrogens is 3. The van der Waals surface area contributed by atoms with E-state index in [0.717, 1.165) is 23.1 Å². The molecule has 0 aliphatic heterocycles. The third-order valence-corrected chi connectivity index (χ3v) is 4.23.